The minimum Gasteiger partial charge on any atom is -0.455 e. The zero-order valence-corrected chi connectivity index (χ0v) is 16.8. The number of nitrogens with one attached hydrogen (secondary N) is 3. The Kier molecular flexibility index (Phi) is 5.50. The predicted octanol–water partition coefficient (Wildman–Crippen LogP) is 4.87. The van der Waals surface area contributed by atoms with E-state index in [-0.39, 0.29) is 11.4 Å². The quantitative estimate of drug-likeness (QED) is 0.377. The van der Waals surface area contributed by atoms with Crippen molar-refractivity contribution in [2.45, 2.75) is 6.18 Å². The minimum absolute atomic E-state index is 0.240. The molecule has 12 heteroatoms. The number of ether oxygens (including phenoxy) is 1. The Morgan fingerprint density at radius 2 is 1.91 bits per heavy atom. The molecule has 2 aromatic carbocycles. The average molecular weight is 461 g/mol. The van der Waals surface area contributed by atoms with E-state index in [2.05, 4.69) is 20.3 Å². The molecule has 0 saturated carbocycles. The smallest absolute Gasteiger partial charge is 0.416 e. The molecular weight excluding hydrogens is 446 g/mol. The van der Waals surface area contributed by atoms with Crippen molar-refractivity contribution in [2.24, 2.45) is 0 Å². The van der Waals surface area contributed by atoms with E-state index >= 15 is 0 Å². The molecule has 33 heavy (non-hydrogen) atoms. The molecule has 0 aliphatic heterocycles. The number of rotatable bonds is 4. The van der Waals surface area contributed by atoms with Crippen molar-refractivity contribution in [3.8, 4) is 11.5 Å². The number of nitrogens with zero attached hydrogens (tertiary/aromatic N) is 2. The van der Waals surface area contributed by atoms with Crippen LogP contribution in [-0.2, 0) is 6.18 Å². The van der Waals surface area contributed by atoms with Crippen molar-refractivity contribution in [1.82, 2.24) is 15.0 Å². The number of pyridine rings is 1. The van der Waals surface area contributed by atoms with Crippen molar-refractivity contribution < 1.29 is 27.1 Å². The number of fused-ring (bicyclic) bond motifs is 1. The van der Waals surface area contributed by atoms with E-state index in [1.54, 1.807) is 12.1 Å². The van der Waals surface area contributed by atoms with Gasteiger partial charge in [0.25, 0.3) is 0 Å². The lowest BCUT2D eigenvalue weighted by Crippen LogP contribution is -2.32. The number of aromatic amines is 2. The van der Waals surface area contributed by atoms with Crippen molar-refractivity contribution in [3.05, 3.63) is 76.6 Å². The summed E-state index contributed by atoms with van der Waals surface area (Å²) >= 11 is 0. The molecule has 0 aliphatic rings. The molecule has 3 N–H and O–H groups in total. The first kappa shape index (κ1) is 21.9. The highest BCUT2D eigenvalue weighted by atomic mass is 19.4. The summed E-state index contributed by atoms with van der Waals surface area (Å²) in [5.74, 6) is -0.403. The Bertz CT molecular complexity index is 1400. The van der Waals surface area contributed by atoms with Crippen LogP contribution >= 0.6 is 0 Å². The van der Waals surface area contributed by atoms with Crippen molar-refractivity contribution >= 4 is 28.6 Å². The number of carbonyl (C=O) groups excluding carboxylic acids is 1. The molecule has 0 bridgehead atoms. The molecule has 8 nitrogen and oxygen atoms in total. The molecule has 0 saturated heterocycles. The van der Waals surface area contributed by atoms with E-state index in [1.165, 1.54) is 24.4 Å². The van der Waals surface area contributed by atoms with Gasteiger partial charge in [-0.25, -0.2) is 19.0 Å². The summed E-state index contributed by atoms with van der Waals surface area (Å²) in [7, 11) is 1.14. The number of carbonyl (C=O) groups is 1. The summed E-state index contributed by atoms with van der Waals surface area (Å²) in [6.07, 6.45) is -3.25. The zero-order valence-electron chi connectivity index (χ0n) is 16.8. The SMILES string of the molecule is CN(C(=O)Nc1cccc(Oc2ccnc3[nH]c(=O)[nH]c23)c1)c1cc(C(F)(F)F)ccc1F. The number of hydrogen-bond acceptors (Lipinski definition) is 4. The maximum absolute atomic E-state index is 14.1. The summed E-state index contributed by atoms with van der Waals surface area (Å²) in [6.45, 7) is 0. The summed E-state index contributed by atoms with van der Waals surface area (Å²) < 4.78 is 58.7. The fourth-order valence-corrected chi connectivity index (χ4v) is 3.02. The molecule has 2 aromatic heterocycles. The van der Waals surface area contributed by atoms with Crippen LogP contribution in [-0.4, -0.2) is 28.0 Å². The van der Waals surface area contributed by atoms with E-state index < -0.39 is 35.0 Å². The monoisotopic (exact) mass is 461 g/mol. The van der Waals surface area contributed by atoms with E-state index in [0.29, 0.717) is 35.1 Å². The maximum Gasteiger partial charge on any atom is 0.416 e. The molecule has 170 valence electrons. The van der Waals surface area contributed by atoms with Crippen LogP contribution < -0.4 is 20.6 Å². The number of halogens is 4. The normalized spacial score (nSPS) is 11.4. The molecule has 0 spiro atoms. The fraction of sp³-hybridized carbons (Fsp3) is 0.0952. The largest absolute Gasteiger partial charge is 0.455 e. The number of H-pyrrole nitrogens is 2. The predicted molar refractivity (Wildman–Crippen MR) is 112 cm³/mol. The third kappa shape index (κ3) is 4.63. The Morgan fingerprint density at radius 3 is 2.67 bits per heavy atom. The second-order valence-corrected chi connectivity index (χ2v) is 6.89. The third-order valence-corrected chi connectivity index (χ3v) is 4.64. The Balaban J connectivity index is 1.54. The Hall–Kier alpha value is -4.35. The van der Waals surface area contributed by atoms with Gasteiger partial charge in [0.15, 0.2) is 11.4 Å². The third-order valence-electron chi connectivity index (χ3n) is 4.64. The number of amides is 2. The molecule has 2 amide bonds. The summed E-state index contributed by atoms with van der Waals surface area (Å²) in [5, 5.41) is 2.48. The van der Waals surface area contributed by atoms with Gasteiger partial charge in [-0.1, -0.05) is 6.07 Å². The summed E-state index contributed by atoms with van der Waals surface area (Å²) in [5.41, 5.74) is -1.20. The molecule has 2 heterocycles. The van der Waals surface area contributed by atoms with Crippen LogP contribution in [0.15, 0.2) is 59.5 Å². The second-order valence-electron chi connectivity index (χ2n) is 6.89. The van der Waals surface area contributed by atoms with Gasteiger partial charge in [0.1, 0.15) is 17.1 Å². The van der Waals surface area contributed by atoms with Gasteiger partial charge in [0.05, 0.1) is 11.3 Å². The first-order valence-electron chi connectivity index (χ1n) is 9.38. The summed E-state index contributed by atoms with van der Waals surface area (Å²) in [4.78, 5) is 33.8. The molecule has 0 aliphatic carbocycles. The minimum atomic E-state index is -4.69. The molecule has 0 unspecified atom stereocenters. The highest BCUT2D eigenvalue weighted by Gasteiger charge is 2.32. The van der Waals surface area contributed by atoms with E-state index in [1.807, 2.05) is 0 Å². The molecule has 0 radical (unpaired) electrons. The lowest BCUT2D eigenvalue weighted by atomic mass is 10.1. The van der Waals surface area contributed by atoms with E-state index in [9.17, 15) is 27.2 Å². The average Bonchev–Trinajstić information content (AvgIpc) is 3.14. The molecular formula is C21H15F4N5O3. The number of alkyl halides is 3. The van der Waals surface area contributed by atoms with Crippen molar-refractivity contribution in [1.29, 1.82) is 0 Å². The number of hydrogen-bond donors (Lipinski definition) is 3. The van der Waals surface area contributed by atoms with Crippen LogP contribution in [0.4, 0.5) is 33.7 Å². The van der Waals surface area contributed by atoms with Gasteiger partial charge in [-0.15, -0.1) is 0 Å². The Labute approximate surface area is 182 Å². The van der Waals surface area contributed by atoms with Gasteiger partial charge < -0.3 is 15.0 Å². The van der Waals surface area contributed by atoms with Crippen molar-refractivity contribution in [3.63, 3.8) is 0 Å². The standard InChI is InChI=1S/C21H15F4N5O3/c1-30(15-9-11(21(23,24)25)5-6-14(15)22)20(32)27-12-3-2-4-13(10-12)33-16-7-8-26-18-17(16)28-19(31)29-18/h2-10H,1H3,(H,27,32)(H2,26,28,29,31). The number of urea groups is 1. The number of aromatic nitrogens is 3. The van der Waals surface area contributed by atoms with E-state index in [4.69, 9.17) is 4.74 Å². The topological polar surface area (TPSA) is 103 Å². The molecule has 0 fully saturated rings. The number of imidazole rings is 1. The van der Waals surface area contributed by atoms with Crippen LogP contribution in [0.2, 0.25) is 0 Å². The Morgan fingerprint density at radius 1 is 1.12 bits per heavy atom. The molecule has 0 atom stereocenters. The van der Waals surface area contributed by atoms with Crippen molar-refractivity contribution in [2.75, 3.05) is 17.3 Å². The summed E-state index contributed by atoms with van der Waals surface area (Å²) in [6, 6.07) is 8.58. The van der Waals surface area contributed by atoms with Gasteiger partial charge in [-0.05, 0) is 30.3 Å². The number of benzene rings is 2. The van der Waals surface area contributed by atoms with Crippen LogP contribution in [0.3, 0.4) is 0 Å². The van der Waals surface area contributed by atoms with Gasteiger partial charge in [-0.2, -0.15) is 13.2 Å². The van der Waals surface area contributed by atoms with Gasteiger partial charge in [0, 0.05) is 31.1 Å². The second kappa shape index (κ2) is 8.30. The lowest BCUT2D eigenvalue weighted by molar-refractivity contribution is -0.137. The van der Waals surface area contributed by atoms with E-state index in [0.717, 1.165) is 11.9 Å². The zero-order chi connectivity index (χ0) is 23.8. The first-order valence-corrected chi connectivity index (χ1v) is 9.38. The maximum atomic E-state index is 14.1. The van der Waals surface area contributed by atoms with Crippen LogP contribution in [0, 0.1) is 5.82 Å². The molecule has 4 rings (SSSR count). The number of anilines is 2. The highest BCUT2D eigenvalue weighted by Crippen LogP contribution is 2.33. The fourth-order valence-electron chi connectivity index (χ4n) is 3.02. The lowest BCUT2D eigenvalue weighted by Gasteiger charge is -2.20. The van der Waals surface area contributed by atoms with Gasteiger partial charge in [0.2, 0.25) is 0 Å². The van der Waals surface area contributed by atoms with Gasteiger partial charge in [-0.3, -0.25) is 9.88 Å². The molecule has 4 aromatic rings. The van der Waals surface area contributed by atoms with Gasteiger partial charge >= 0.3 is 17.9 Å². The van der Waals surface area contributed by atoms with Crippen LogP contribution in [0.5, 0.6) is 11.5 Å². The van der Waals surface area contributed by atoms with Crippen LogP contribution in [0.1, 0.15) is 5.56 Å². The first-order chi connectivity index (χ1) is 15.6. The van der Waals surface area contributed by atoms with Crippen LogP contribution in [0.25, 0.3) is 11.2 Å². The highest BCUT2D eigenvalue weighted by molar-refractivity contribution is 6.01.